The number of carbonyl (C=O) groups is 2. The fourth-order valence-corrected chi connectivity index (χ4v) is 10.9. The molecule has 0 bridgehead atoms. The largest absolute Gasteiger partial charge is 0.506 e. The van der Waals surface area contributed by atoms with Crippen molar-refractivity contribution in [3.05, 3.63) is 227 Å². The van der Waals surface area contributed by atoms with Gasteiger partial charge in [-0.2, -0.15) is 26.3 Å². The van der Waals surface area contributed by atoms with E-state index in [-0.39, 0.29) is 96.0 Å². The molecule has 12 N–H and O–H groups in total. The zero-order valence-corrected chi connectivity index (χ0v) is 47.9. The number of benzene rings is 8. The second kappa shape index (κ2) is 25.7. The van der Waals surface area contributed by atoms with Crippen molar-refractivity contribution in [3.8, 4) is 45.6 Å². The van der Waals surface area contributed by atoms with Gasteiger partial charge in [-0.15, -0.1) is 0 Å². The number of phenolic OH excluding ortho intramolecular Hbond substituents is 4. The Morgan fingerprint density at radius 2 is 0.955 bits per heavy atom. The summed E-state index contributed by atoms with van der Waals surface area (Å²) in [7, 11) is 0. The molecule has 0 saturated heterocycles. The number of phenols is 4. The molecule has 0 aromatic heterocycles. The van der Waals surface area contributed by atoms with Crippen LogP contribution in [-0.4, -0.2) is 107 Å². The van der Waals surface area contributed by atoms with Crippen LogP contribution in [0.5, 0.6) is 34.5 Å². The minimum absolute atomic E-state index is 0.0706. The molecule has 8 aromatic rings. The molecule has 22 heteroatoms. The number of aromatic hydroxyl groups is 4. The number of halogens is 6. The first-order chi connectivity index (χ1) is 42.3. The third kappa shape index (κ3) is 12.9. The first-order valence-corrected chi connectivity index (χ1v) is 27.9. The third-order valence-corrected chi connectivity index (χ3v) is 16.0. The molecule has 8 aromatic carbocycles. The molecule has 4 unspecified atom stereocenters. The summed E-state index contributed by atoms with van der Waals surface area (Å²) in [5, 5.41) is 74.4. The smallest absolute Gasteiger partial charge is 0.402 e. The first-order valence-electron chi connectivity index (χ1n) is 27.9. The molecule has 0 radical (unpaired) electrons. The predicted molar refractivity (Wildman–Crippen MR) is 324 cm³/mol. The van der Waals surface area contributed by atoms with Gasteiger partial charge in [-0.3, -0.25) is 0 Å². The predicted octanol–water partition coefficient (Wildman–Crippen LogP) is 11.7. The standard InChI is InChI=1S/C67H63F6N5O11/c1-4-61(85)87-30-29-75-62(86)78-56-34-44(20-28-60(56)84)64(3,67(71,72)73)43-19-27-59(83)55(33-43)77-36-46(80)38-89-48-23-15-40(16-24-48)65(51-11-7-5-9-49(51)50-10-6-8-12-52(50)65)39-13-21-47(22-14-39)88-37-45(79)35-76-54-32-42(18-26-58(54)82)63(2,66(68,69)70)41-17-25-57(81)53(74)31-41/h4-28,31-34,45-46,76-77,79-84H,1,29-30,35-38,74H2,2-3H3,(H2,75,78,86). The number of hydrogen-bond acceptors (Lipinski definition) is 14. The van der Waals surface area contributed by atoms with Crippen LogP contribution in [-0.2, 0) is 25.8 Å². The van der Waals surface area contributed by atoms with Gasteiger partial charge in [0.1, 0.15) is 77.4 Å². The highest BCUT2D eigenvalue weighted by Crippen LogP contribution is 2.57. The number of hydrogen-bond donors (Lipinski definition) is 11. The molecule has 1 aliphatic rings. The van der Waals surface area contributed by atoms with Crippen molar-refractivity contribution in [2.75, 3.05) is 61.1 Å². The lowest BCUT2D eigenvalue weighted by Gasteiger charge is -2.34. The molecular weight excluding hydrogens is 1160 g/mol. The maximum atomic E-state index is 15.3. The normalized spacial score (nSPS) is 14.5. The number of aliphatic hydroxyl groups is 2. The highest BCUT2D eigenvalue weighted by molar-refractivity contribution is 5.91. The Labute approximate surface area is 507 Å². The Bertz CT molecular complexity index is 3840. The molecule has 0 fully saturated rings. The van der Waals surface area contributed by atoms with Crippen LogP contribution in [0, 0.1) is 0 Å². The minimum atomic E-state index is -4.96. The summed E-state index contributed by atoms with van der Waals surface area (Å²) in [5.41, 5.74) is 3.24. The van der Waals surface area contributed by atoms with Crippen LogP contribution in [0.3, 0.4) is 0 Å². The highest BCUT2D eigenvalue weighted by atomic mass is 19.4. The maximum Gasteiger partial charge on any atom is 0.402 e. The topological polar surface area (TPSA) is 257 Å². The van der Waals surface area contributed by atoms with Gasteiger partial charge in [-0.05, 0) is 142 Å². The minimum Gasteiger partial charge on any atom is -0.506 e. The Morgan fingerprint density at radius 3 is 1.37 bits per heavy atom. The lowest BCUT2D eigenvalue weighted by Crippen LogP contribution is -2.40. The van der Waals surface area contributed by atoms with Crippen LogP contribution in [0.15, 0.2) is 183 Å². The number of urea groups is 1. The first kappa shape index (κ1) is 63.4. The molecule has 0 aliphatic heterocycles. The molecule has 89 heavy (non-hydrogen) atoms. The number of aliphatic hydroxyl groups excluding tert-OH is 2. The van der Waals surface area contributed by atoms with Crippen molar-refractivity contribution in [1.82, 2.24) is 5.32 Å². The summed E-state index contributed by atoms with van der Waals surface area (Å²) < 4.78 is 107. The number of esters is 1. The molecule has 0 saturated carbocycles. The number of carbonyl (C=O) groups excluding carboxylic acids is 2. The summed E-state index contributed by atoms with van der Waals surface area (Å²) in [6.45, 7) is 3.75. The van der Waals surface area contributed by atoms with E-state index in [0.717, 1.165) is 126 Å². The van der Waals surface area contributed by atoms with Gasteiger partial charge in [0.2, 0.25) is 0 Å². The van der Waals surface area contributed by atoms with Crippen molar-refractivity contribution in [3.63, 3.8) is 0 Å². The number of nitrogens with two attached hydrogens (primary N) is 1. The van der Waals surface area contributed by atoms with E-state index >= 15 is 13.2 Å². The number of rotatable bonds is 23. The monoisotopic (exact) mass is 1230 g/mol. The van der Waals surface area contributed by atoms with Gasteiger partial charge >= 0.3 is 24.4 Å². The molecule has 1 aliphatic carbocycles. The number of nitrogen functional groups attached to an aromatic ring is 1. The van der Waals surface area contributed by atoms with E-state index in [9.17, 15) is 53.4 Å². The fraction of sp³-hybridized carbons (Fsp3) is 0.224. The van der Waals surface area contributed by atoms with Gasteiger partial charge in [0.05, 0.1) is 34.7 Å². The average molecular weight is 1230 g/mol. The molecule has 16 nitrogen and oxygen atoms in total. The van der Waals surface area contributed by atoms with Crippen LogP contribution in [0.2, 0.25) is 0 Å². The summed E-state index contributed by atoms with van der Waals surface area (Å²) in [4.78, 5) is 23.9. The molecule has 0 heterocycles. The summed E-state index contributed by atoms with van der Waals surface area (Å²) >= 11 is 0. The number of nitrogens with one attached hydrogen (secondary N) is 4. The quantitative estimate of drug-likeness (QED) is 0.00711. The van der Waals surface area contributed by atoms with E-state index in [1.807, 2.05) is 60.7 Å². The SMILES string of the molecule is C=CC(=O)OCCNC(=O)Nc1cc(C(C)(c2ccc(O)c(NCC(O)COc3ccc(C4(c5ccc(OCC(O)CNc6cc(C(C)(c7ccc(O)c(N)c7)C(F)(F)F)ccc6O)cc5)c5ccccc5-c5ccccc54)cc3)c2)C(F)(F)F)ccc1O. The number of alkyl halides is 6. The molecular formula is C67H63F6N5O11. The van der Waals surface area contributed by atoms with E-state index < -0.39 is 64.3 Å². The Hall–Kier alpha value is -10.1. The average Bonchev–Trinajstić information content (AvgIpc) is 1.64. The van der Waals surface area contributed by atoms with Crippen molar-refractivity contribution in [2.24, 2.45) is 0 Å². The van der Waals surface area contributed by atoms with Gasteiger partial charge in [-0.1, -0.05) is 104 Å². The Balaban J connectivity index is 0.866. The van der Waals surface area contributed by atoms with Crippen molar-refractivity contribution in [2.45, 2.75) is 54.7 Å². The zero-order chi connectivity index (χ0) is 64.1. The van der Waals surface area contributed by atoms with Gasteiger partial charge in [0.15, 0.2) is 0 Å². The van der Waals surface area contributed by atoms with E-state index in [4.69, 9.17) is 19.9 Å². The lowest BCUT2D eigenvalue weighted by molar-refractivity contribution is -0.173. The lowest BCUT2D eigenvalue weighted by atomic mass is 9.68. The molecule has 4 atom stereocenters. The van der Waals surface area contributed by atoms with Crippen LogP contribution in [0.1, 0.15) is 58.4 Å². The summed E-state index contributed by atoms with van der Waals surface area (Å²) in [6.07, 6.45) is -11.3. The van der Waals surface area contributed by atoms with Gasteiger partial charge in [-0.25, -0.2) is 9.59 Å². The van der Waals surface area contributed by atoms with Gasteiger partial charge in [0.25, 0.3) is 0 Å². The highest BCUT2D eigenvalue weighted by Gasteiger charge is 2.55. The second-order valence-corrected chi connectivity index (χ2v) is 21.5. The fourth-order valence-electron chi connectivity index (χ4n) is 10.9. The zero-order valence-electron chi connectivity index (χ0n) is 47.9. The Kier molecular flexibility index (Phi) is 18.3. The Morgan fingerprint density at radius 1 is 0.562 bits per heavy atom. The number of fused-ring (bicyclic) bond motifs is 3. The second-order valence-electron chi connectivity index (χ2n) is 21.5. The summed E-state index contributed by atoms with van der Waals surface area (Å²) in [5.74, 6) is -1.63. The van der Waals surface area contributed by atoms with Crippen LogP contribution >= 0.6 is 0 Å². The van der Waals surface area contributed by atoms with Crippen molar-refractivity contribution >= 4 is 34.7 Å². The van der Waals surface area contributed by atoms with E-state index in [2.05, 4.69) is 40.0 Å². The molecule has 9 rings (SSSR count). The molecule has 464 valence electrons. The van der Waals surface area contributed by atoms with Gasteiger partial charge in [0, 0.05) is 19.2 Å². The van der Waals surface area contributed by atoms with E-state index in [1.54, 1.807) is 24.3 Å². The van der Waals surface area contributed by atoms with Crippen molar-refractivity contribution < 1.29 is 80.8 Å². The van der Waals surface area contributed by atoms with Crippen LogP contribution in [0.25, 0.3) is 11.1 Å². The third-order valence-electron chi connectivity index (χ3n) is 16.0. The van der Waals surface area contributed by atoms with Gasteiger partial charge < -0.3 is 71.9 Å². The number of anilines is 4. The van der Waals surface area contributed by atoms with E-state index in [1.165, 1.54) is 0 Å². The number of amides is 2. The molecule has 2 amide bonds. The number of ether oxygens (including phenoxy) is 3. The van der Waals surface area contributed by atoms with Crippen LogP contribution < -0.4 is 36.5 Å². The van der Waals surface area contributed by atoms with Crippen LogP contribution in [0.4, 0.5) is 53.9 Å². The maximum absolute atomic E-state index is 15.3. The van der Waals surface area contributed by atoms with E-state index in [0.29, 0.717) is 11.5 Å². The van der Waals surface area contributed by atoms with Crippen molar-refractivity contribution in [1.29, 1.82) is 0 Å². The molecule has 0 spiro atoms. The summed E-state index contributed by atoms with van der Waals surface area (Å²) in [6, 6.07) is 42.7.